The van der Waals surface area contributed by atoms with E-state index in [2.05, 4.69) is 92.0 Å². The summed E-state index contributed by atoms with van der Waals surface area (Å²) in [5.74, 6) is 2.31. The molecule has 3 heterocycles. The fourth-order valence-electron chi connectivity index (χ4n) is 5.54. The van der Waals surface area contributed by atoms with Crippen LogP contribution in [0.1, 0.15) is 24.0 Å². The molecule has 0 unspecified atom stereocenters. The van der Waals surface area contributed by atoms with Crippen LogP contribution in [-0.2, 0) is 6.42 Å². The Morgan fingerprint density at radius 3 is 2.56 bits per heavy atom. The second-order valence-corrected chi connectivity index (χ2v) is 11.0. The molecule has 0 saturated carbocycles. The van der Waals surface area contributed by atoms with Crippen molar-refractivity contribution in [3.05, 3.63) is 96.4 Å². The Morgan fingerprint density at radius 2 is 1.68 bits per heavy atom. The van der Waals surface area contributed by atoms with Crippen LogP contribution in [-0.4, -0.2) is 59.2 Å². The van der Waals surface area contributed by atoms with Crippen molar-refractivity contribution in [2.24, 2.45) is 5.92 Å². The van der Waals surface area contributed by atoms with Gasteiger partial charge >= 0.3 is 0 Å². The normalized spacial score (nSPS) is 14.4. The number of rotatable bonds is 11. The predicted octanol–water partition coefficient (Wildman–Crippen LogP) is 6.34. The summed E-state index contributed by atoms with van der Waals surface area (Å²) in [4.78, 5) is 16.0. The average molecular weight is 547 g/mol. The molecule has 2 N–H and O–H groups in total. The van der Waals surface area contributed by atoms with Crippen molar-refractivity contribution in [2.45, 2.75) is 26.2 Å². The number of aryl methyl sites for hydroxylation is 1. The van der Waals surface area contributed by atoms with E-state index < -0.39 is 0 Å². The lowest BCUT2D eigenvalue weighted by Gasteiger charge is -2.32. The Kier molecular flexibility index (Phi) is 8.52. The van der Waals surface area contributed by atoms with Crippen molar-refractivity contribution < 1.29 is 4.74 Å². The van der Waals surface area contributed by atoms with Gasteiger partial charge in [0, 0.05) is 48.4 Å². The first-order valence-corrected chi connectivity index (χ1v) is 14.7. The molecule has 210 valence electrons. The summed E-state index contributed by atoms with van der Waals surface area (Å²) >= 11 is 0. The number of piperidine rings is 1. The van der Waals surface area contributed by atoms with Gasteiger partial charge in [-0.3, -0.25) is 4.98 Å². The number of ether oxygens (including phenoxy) is 1. The summed E-state index contributed by atoms with van der Waals surface area (Å²) in [6.07, 6.45) is 6.76. The summed E-state index contributed by atoms with van der Waals surface area (Å²) in [7, 11) is 0. The molecule has 0 amide bonds. The number of nitrogens with one attached hydrogen (secondary N) is 2. The molecule has 1 aliphatic heterocycles. The standard InChI is InChI=1S/C34H38N6O/c1-25-6-8-26(9-7-25)12-16-37-34-30-11-10-28(22-33(30)38-24-39-34)41-23-27-14-19-40(20-15-27)21-18-36-32-13-17-35-31-5-3-2-4-29(31)32/h2-11,13,17,22,24,27H,12,14-16,18-21,23H2,1H3,(H,35,36)(H,37,38,39). The zero-order valence-electron chi connectivity index (χ0n) is 23.7. The first-order chi connectivity index (χ1) is 20.2. The SMILES string of the molecule is Cc1ccc(CCNc2ncnc3cc(OCC4CCN(CCNc5ccnc6ccccc56)CC4)ccc23)cc1. The van der Waals surface area contributed by atoms with Crippen LogP contribution in [0.3, 0.4) is 0 Å². The molecule has 0 atom stereocenters. The van der Waals surface area contributed by atoms with Crippen molar-refractivity contribution in [1.29, 1.82) is 0 Å². The number of pyridine rings is 1. The van der Waals surface area contributed by atoms with Crippen LogP contribution in [0.4, 0.5) is 11.5 Å². The number of likely N-dealkylation sites (tertiary alicyclic amines) is 1. The molecule has 0 radical (unpaired) electrons. The fourth-order valence-corrected chi connectivity index (χ4v) is 5.54. The Morgan fingerprint density at radius 1 is 0.829 bits per heavy atom. The Balaban J connectivity index is 0.944. The highest BCUT2D eigenvalue weighted by molar-refractivity contribution is 5.91. The van der Waals surface area contributed by atoms with Crippen LogP contribution in [0.2, 0.25) is 0 Å². The van der Waals surface area contributed by atoms with Crippen molar-refractivity contribution >= 4 is 33.3 Å². The first-order valence-electron chi connectivity index (χ1n) is 14.7. The quantitative estimate of drug-likeness (QED) is 0.200. The van der Waals surface area contributed by atoms with E-state index in [1.54, 1.807) is 6.33 Å². The fraction of sp³-hybridized carbons (Fsp3) is 0.324. The van der Waals surface area contributed by atoms with Crippen molar-refractivity contribution in [1.82, 2.24) is 19.9 Å². The molecule has 6 rings (SSSR count). The maximum Gasteiger partial charge on any atom is 0.137 e. The number of aromatic nitrogens is 3. The molecule has 0 aliphatic carbocycles. The van der Waals surface area contributed by atoms with Crippen LogP contribution < -0.4 is 15.4 Å². The maximum atomic E-state index is 6.24. The van der Waals surface area contributed by atoms with E-state index in [4.69, 9.17) is 4.74 Å². The largest absolute Gasteiger partial charge is 0.493 e. The van der Waals surface area contributed by atoms with E-state index in [1.807, 2.05) is 24.4 Å². The number of hydrogen-bond acceptors (Lipinski definition) is 7. The second-order valence-electron chi connectivity index (χ2n) is 11.0. The summed E-state index contributed by atoms with van der Waals surface area (Å²) < 4.78 is 6.24. The minimum absolute atomic E-state index is 0.573. The van der Waals surface area contributed by atoms with Gasteiger partial charge in [-0.2, -0.15) is 0 Å². The van der Waals surface area contributed by atoms with Crippen molar-refractivity contribution in [2.75, 3.05) is 50.0 Å². The zero-order valence-corrected chi connectivity index (χ0v) is 23.7. The zero-order chi connectivity index (χ0) is 27.9. The molecule has 0 spiro atoms. The number of para-hydroxylation sites is 1. The molecule has 7 heteroatoms. The van der Waals surface area contributed by atoms with Gasteiger partial charge in [-0.15, -0.1) is 0 Å². The predicted molar refractivity (Wildman–Crippen MR) is 168 cm³/mol. The number of anilines is 2. The molecule has 3 aromatic carbocycles. The Labute approximate surface area is 242 Å². The lowest BCUT2D eigenvalue weighted by Crippen LogP contribution is -2.38. The molecule has 41 heavy (non-hydrogen) atoms. The lowest BCUT2D eigenvalue weighted by molar-refractivity contribution is 0.145. The number of fused-ring (bicyclic) bond motifs is 2. The average Bonchev–Trinajstić information content (AvgIpc) is 3.02. The van der Waals surface area contributed by atoms with Gasteiger partial charge < -0.3 is 20.3 Å². The van der Waals surface area contributed by atoms with E-state index >= 15 is 0 Å². The minimum atomic E-state index is 0.573. The van der Waals surface area contributed by atoms with Crippen LogP contribution in [0.25, 0.3) is 21.8 Å². The number of hydrogen-bond donors (Lipinski definition) is 2. The third kappa shape index (κ3) is 6.92. The lowest BCUT2D eigenvalue weighted by atomic mass is 9.98. The summed E-state index contributed by atoms with van der Waals surface area (Å²) in [6.45, 7) is 7.86. The highest BCUT2D eigenvalue weighted by Crippen LogP contribution is 2.26. The third-order valence-electron chi connectivity index (χ3n) is 8.02. The third-order valence-corrected chi connectivity index (χ3v) is 8.02. The molecule has 1 aliphatic rings. The minimum Gasteiger partial charge on any atom is -0.493 e. The molecule has 1 saturated heterocycles. The molecule has 5 aromatic rings. The molecule has 0 bridgehead atoms. The van der Waals surface area contributed by atoms with Crippen molar-refractivity contribution in [3.63, 3.8) is 0 Å². The summed E-state index contributed by atoms with van der Waals surface area (Å²) in [6, 6.07) is 25.2. The highest BCUT2D eigenvalue weighted by atomic mass is 16.5. The van der Waals surface area contributed by atoms with E-state index in [0.717, 1.165) is 92.3 Å². The van der Waals surface area contributed by atoms with E-state index in [9.17, 15) is 0 Å². The summed E-state index contributed by atoms with van der Waals surface area (Å²) in [5, 5.41) is 9.29. The number of nitrogens with zero attached hydrogens (tertiary/aromatic N) is 4. The van der Waals surface area contributed by atoms with Crippen LogP contribution >= 0.6 is 0 Å². The van der Waals surface area contributed by atoms with Gasteiger partial charge in [-0.25, -0.2) is 9.97 Å². The van der Waals surface area contributed by atoms with Gasteiger partial charge in [0.2, 0.25) is 0 Å². The summed E-state index contributed by atoms with van der Waals surface area (Å²) in [5.41, 5.74) is 5.69. The maximum absolute atomic E-state index is 6.24. The highest BCUT2D eigenvalue weighted by Gasteiger charge is 2.19. The van der Waals surface area contributed by atoms with E-state index in [1.165, 1.54) is 16.5 Å². The number of benzene rings is 3. The van der Waals surface area contributed by atoms with Gasteiger partial charge in [0.15, 0.2) is 0 Å². The molecule has 1 fully saturated rings. The smallest absolute Gasteiger partial charge is 0.137 e. The Bertz CT molecular complexity index is 1570. The molecular formula is C34H38N6O. The first kappa shape index (κ1) is 27.0. The van der Waals surface area contributed by atoms with Crippen LogP contribution in [0.5, 0.6) is 5.75 Å². The van der Waals surface area contributed by atoms with Crippen LogP contribution in [0.15, 0.2) is 85.3 Å². The van der Waals surface area contributed by atoms with Crippen LogP contribution in [0, 0.1) is 12.8 Å². The Hall–Kier alpha value is -4.23. The van der Waals surface area contributed by atoms with Gasteiger partial charge in [-0.1, -0.05) is 48.0 Å². The van der Waals surface area contributed by atoms with Gasteiger partial charge in [0.25, 0.3) is 0 Å². The molecule has 2 aromatic heterocycles. The van der Waals surface area contributed by atoms with Crippen molar-refractivity contribution in [3.8, 4) is 5.75 Å². The van der Waals surface area contributed by atoms with E-state index in [0.29, 0.717) is 5.92 Å². The molecule has 7 nitrogen and oxygen atoms in total. The van der Waals surface area contributed by atoms with Gasteiger partial charge in [-0.05, 0) is 75.0 Å². The van der Waals surface area contributed by atoms with Gasteiger partial charge in [0.05, 0.1) is 17.6 Å². The molecular weight excluding hydrogens is 508 g/mol. The topological polar surface area (TPSA) is 75.2 Å². The van der Waals surface area contributed by atoms with E-state index in [-0.39, 0.29) is 0 Å². The monoisotopic (exact) mass is 546 g/mol. The van der Waals surface area contributed by atoms with Gasteiger partial charge in [0.1, 0.15) is 17.9 Å². The second kappa shape index (κ2) is 13.0.